The first kappa shape index (κ1) is 28.0. The Hall–Kier alpha value is -3.98. The van der Waals surface area contributed by atoms with Crippen molar-refractivity contribution < 1.29 is 24.2 Å². The molecular weight excluding hydrogens is 496 g/mol. The van der Waals surface area contributed by atoms with Gasteiger partial charge in [0.2, 0.25) is 0 Å². The molecule has 1 atom stereocenters. The first-order chi connectivity index (χ1) is 18.9. The van der Waals surface area contributed by atoms with Gasteiger partial charge in [-0.1, -0.05) is 56.9 Å². The topological polar surface area (TPSA) is 123 Å². The zero-order valence-electron chi connectivity index (χ0n) is 23.0. The lowest BCUT2D eigenvalue weighted by atomic mass is 10.0. The van der Waals surface area contributed by atoms with Crippen LogP contribution in [0.5, 0.6) is 11.5 Å². The molecule has 4 rings (SSSR count). The molecule has 39 heavy (non-hydrogen) atoms. The van der Waals surface area contributed by atoms with Gasteiger partial charge in [0.25, 0.3) is 5.91 Å². The van der Waals surface area contributed by atoms with Crippen LogP contribution in [0.2, 0.25) is 0 Å². The smallest absolute Gasteiger partial charge is 0.341 e. The molecule has 1 amide bonds. The lowest BCUT2D eigenvalue weighted by molar-refractivity contribution is 0.0494. The van der Waals surface area contributed by atoms with E-state index in [0.29, 0.717) is 46.2 Å². The summed E-state index contributed by atoms with van der Waals surface area (Å²) in [6, 6.07) is 10.4. The molecule has 1 heterocycles. The SMILES string of the molecule is CCCCCCCOC(=O)c1cc2nc3c(C(=O)NCC(C)NC)c(O)c4ccccc4c3nc2cc1OC. The highest BCUT2D eigenvalue weighted by Gasteiger charge is 2.24. The van der Waals surface area contributed by atoms with Gasteiger partial charge < -0.3 is 25.2 Å². The summed E-state index contributed by atoms with van der Waals surface area (Å²) in [4.78, 5) is 35.8. The standard InChI is InChI=1S/C30H36N4O5/c1-5-6-7-8-11-14-39-30(37)21-15-22-23(16-24(21)38-4)33-26-19-12-9-10-13-20(19)28(35)25(27(26)34-22)29(36)32-17-18(2)31-3/h9-10,12-13,15-16,18,31,35H,5-8,11,14,17H2,1-4H3,(H,32,36). The maximum atomic E-state index is 13.3. The molecule has 3 N–H and O–H groups in total. The van der Waals surface area contributed by atoms with Gasteiger partial charge in [-0.25, -0.2) is 14.8 Å². The molecule has 0 aliphatic carbocycles. The number of nitrogens with zero attached hydrogens (tertiary/aromatic N) is 2. The lowest BCUT2D eigenvalue weighted by Crippen LogP contribution is -2.37. The molecule has 0 saturated carbocycles. The second-order valence-electron chi connectivity index (χ2n) is 9.68. The van der Waals surface area contributed by atoms with Gasteiger partial charge in [0.15, 0.2) is 0 Å². The van der Waals surface area contributed by atoms with Crippen LogP contribution in [0, 0.1) is 0 Å². The van der Waals surface area contributed by atoms with E-state index in [2.05, 4.69) is 17.6 Å². The molecule has 1 aromatic heterocycles. The molecule has 0 spiro atoms. The summed E-state index contributed by atoms with van der Waals surface area (Å²) in [5.41, 5.74) is 1.84. The number of hydrogen-bond acceptors (Lipinski definition) is 8. The van der Waals surface area contributed by atoms with Crippen molar-refractivity contribution in [2.45, 2.75) is 52.0 Å². The summed E-state index contributed by atoms with van der Waals surface area (Å²) in [7, 11) is 3.29. The molecule has 0 fully saturated rings. The Labute approximate surface area is 227 Å². The number of amides is 1. The van der Waals surface area contributed by atoms with E-state index in [1.165, 1.54) is 13.5 Å². The number of phenolic OH excluding ortho intramolecular Hbond substituents is 1. The number of carbonyl (C=O) groups excluding carboxylic acids is 2. The molecule has 4 aromatic rings. The third-order valence-corrected chi connectivity index (χ3v) is 6.89. The molecule has 0 aliphatic rings. The average Bonchev–Trinajstić information content (AvgIpc) is 2.96. The molecule has 3 aromatic carbocycles. The van der Waals surface area contributed by atoms with Crippen molar-refractivity contribution in [1.29, 1.82) is 0 Å². The number of carbonyl (C=O) groups is 2. The van der Waals surface area contributed by atoms with Crippen LogP contribution in [0.25, 0.3) is 32.8 Å². The maximum absolute atomic E-state index is 13.3. The fourth-order valence-corrected chi connectivity index (χ4v) is 4.52. The van der Waals surface area contributed by atoms with Gasteiger partial charge in [0.1, 0.15) is 28.1 Å². The third kappa shape index (κ3) is 6.04. The van der Waals surface area contributed by atoms with E-state index >= 15 is 0 Å². The van der Waals surface area contributed by atoms with Crippen molar-refractivity contribution in [2.24, 2.45) is 0 Å². The van der Waals surface area contributed by atoms with Crippen LogP contribution in [0.3, 0.4) is 0 Å². The second-order valence-corrected chi connectivity index (χ2v) is 9.68. The summed E-state index contributed by atoms with van der Waals surface area (Å²) < 4.78 is 11.0. The van der Waals surface area contributed by atoms with E-state index in [9.17, 15) is 14.7 Å². The average molecular weight is 533 g/mol. The molecule has 0 saturated heterocycles. The second kappa shape index (κ2) is 12.7. The van der Waals surface area contributed by atoms with Crippen molar-refractivity contribution in [1.82, 2.24) is 20.6 Å². The molecule has 206 valence electrons. The zero-order chi connectivity index (χ0) is 27.9. The number of esters is 1. The van der Waals surface area contributed by atoms with Crippen LogP contribution >= 0.6 is 0 Å². The van der Waals surface area contributed by atoms with E-state index in [1.54, 1.807) is 31.3 Å². The van der Waals surface area contributed by atoms with E-state index in [1.807, 2.05) is 19.1 Å². The maximum Gasteiger partial charge on any atom is 0.341 e. The van der Waals surface area contributed by atoms with Crippen molar-refractivity contribution in [3.63, 3.8) is 0 Å². The number of likely N-dealkylation sites (N-methyl/N-ethyl adjacent to an activating group) is 1. The Balaban J connectivity index is 1.79. The van der Waals surface area contributed by atoms with Crippen LogP contribution in [0.1, 0.15) is 66.7 Å². The quantitative estimate of drug-likeness (QED) is 0.0995. The Kier molecular flexibility index (Phi) is 9.14. The summed E-state index contributed by atoms with van der Waals surface area (Å²) in [5.74, 6) is -0.812. The van der Waals surface area contributed by atoms with Crippen molar-refractivity contribution >= 4 is 44.7 Å². The van der Waals surface area contributed by atoms with E-state index in [4.69, 9.17) is 19.4 Å². The summed E-state index contributed by atoms with van der Waals surface area (Å²) in [5, 5.41) is 18.3. The van der Waals surface area contributed by atoms with Gasteiger partial charge in [-0.3, -0.25) is 4.79 Å². The highest BCUT2D eigenvalue weighted by molar-refractivity contribution is 6.19. The number of unbranched alkanes of at least 4 members (excludes halogenated alkanes) is 4. The molecule has 0 radical (unpaired) electrons. The molecule has 0 bridgehead atoms. The predicted molar refractivity (Wildman–Crippen MR) is 153 cm³/mol. The summed E-state index contributed by atoms with van der Waals surface area (Å²) >= 11 is 0. The van der Waals surface area contributed by atoms with Gasteiger partial charge in [-0.05, 0) is 26.5 Å². The predicted octanol–water partition coefficient (Wildman–Crippen LogP) is 5.12. The summed E-state index contributed by atoms with van der Waals surface area (Å²) in [6.07, 6.45) is 5.22. The normalized spacial score (nSPS) is 12.1. The molecule has 9 nitrogen and oxygen atoms in total. The fraction of sp³-hybridized carbons (Fsp3) is 0.400. The third-order valence-electron chi connectivity index (χ3n) is 6.89. The Morgan fingerprint density at radius 3 is 2.41 bits per heavy atom. The number of aromatic nitrogens is 2. The van der Waals surface area contributed by atoms with Crippen LogP contribution in [-0.4, -0.2) is 60.3 Å². The molecular formula is C30H36N4O5. The molecule has 1 unspecified atom stereocenters. The van der Waals surface area contributed by atoms with E-state index in [0.717, 1.165) is 25.7 Å². The first-order valence-electron chi connectivity index (χ1n) is 13.4. The fourth-order valence-electron chi connectivity index (χ4n) is 4.52. The first-order valence-corrected chi connectivity index (χ1v) is 13.4. The van der Waals surface area contributed by atoms with Gasteiger partial charge >= 0.3 is 5.97 Å². The van der Waals surface area contributed by atoms with E-state index < -0.39 is 11.9 Å². The van der Waals surface area contributed by atoms with Crippen LogP contribution in [0.4, 0.5) is 0 Å². The summed E-state index contributed by atoms with van der Waals surface area (Å²) in [6.45, 7) is 4.77. The number of rotatable bonds is 12. The number of aromatic hydroxyl groups is 1. The highest BCUT2D eigenvalue weighted by Crippen LogP contribution is 2.37. The number of hydrogen-bond donors (Lipinski definition) is 3. The van der Waals surface area contributed by atoms with Crippen LogP contribution < -0.4 is 15.4 Å². The molecule has 0 aliphatic heterocycles. The van der Waals surface area contributed by atoms with Crippen LogP contribution in [0.15, 0.2) is 36.4 Å². The highest BCUT2D eigenvalue weighted by atomic mass is 16.5. The van der Waals surface area contributed by atoms with Gasteiger partial charge in [0.05, 0.1) is 30.3 Å². The Bertz CT molecular complexity index is 1500. The van der Waals surface area contributed by atoms with Gasteiger partial charge in [-0.2, -0.15) is 0 Å². The minimum absolute atomic E-state index is 0.0300. The zero-order valence-corrected chi connectivity index (χ0v) is 23.0. The van der Waals surface area contributed by atoms with Crippen molar-refractivity contribution in [3.05, 3.63) is 47.5 Å². The number of fused-ring (bicyclic) bond motifs is 4. The lowest BCUT2D eigenvalue weighted by Gasteiger charge is -2.16. The minimum Gasteiger partial charge on any atom is -0.506 e. The number of phenols is 1. The largest absolute Gasteiger partial charge is 0.506 e. The minimum atomic E-state index is -0.508. The van der Waals surface area contributed by atoms with Gasteiger partial charge in [-0.15, -0.1) is 0 Å². The number of methoxy groups -OCH3 is 1. The number of ether oxygens (including phenoxy) is 2. The monoisotopic (exact) mass is 532 g/mol. The van der Waals surface area contributed by atoms with Gasteiger partial charge in [0, 0.05) is 29.4 Å². The van der Waals surface area contributed by atoms with Crippen LogP contribution in [-0.2, 0) is 4.74 Å². The number of nitrogens with one attached hydrogen (secondary N) is 2. The van der Waals surface area contributed by atoms with Crippen molar-refractivity contribution in [3.8, 4) is 11.5 Å². The Morgan fingerprint density at radius 2 is 1.69 bits per heavy atom. The molecule has 9 heteroatoms. The van der Waals surface area contributed by atoms with Crippen molar-refractivity contribution in [2.75, 3.05) is 27.3 Å². The Morgan fingerprint density at radius 1 is 1.00 bits per heavy atom. The van der Waals surface area contributed by atoms with E-state index in [-0.39, 0.29) is 28.4 Å². The number of benzene rings is 3.